The van der Waals surface area contributed by atoms with Gasteiger partial charge in [-0.25, -0.2) is 0 Å². The van der Waals surface area contributed by atoms with E-state index in [1.54, 1.807) is 0 Å². The van der Waals surface area contributed by atoms with Gasteiger partial charge in [-0.05, 0) is 0 Å². The van der Waals surface area contributed by atoms with Gasteiger partial charge in [-0.2, -0.15) is 0 Å². The molecule has 8 nitrogen and oxygen atoms in total. The Kier molecular flexibility index (Phi) is 6.74. The maximum absolute atomic E-state index is 11.1. The third kappa shape index (κ3) is 3.97. The normalized spacial score (nSPS) is 11.2. The SMILES string of the molecule is COC(=O)C[C@H](N)c1cc([N+](=O)[O-])cc(OC)c1O.Cl. The lowest BCUT2D eigenvalue weighted by molar-refractivity contribution is -0.385. The van der Waals surface area contributed by atoms with Crippen LogP contribution < -0.4 is 10.5 Å². The van der Waals surface area contributed by atoms with Crippen LogP contribution in [0.2, 0.25) is 0 Å². The molecule has 1 rings (SSSR count). The standard InChI is InChI=1S/C11H14N2O6.ClH/c1-18-9-4-6(13(16)17)3-7(11(9)15)8(12)5-10(14)19-2;/h3-4,8,15H,5,12H2,1-2H3;1H/t8-;/m0./s1. The summed E-state index contributed by atoms with van der Waals surface area (Å²) in [6, 6.07) is 1.25. The van der Waals surface area contributed by atoms with Crippen LogP contribution in [0.25, 0.3) is 0 Å². The Labute approximate surface area is 121 Å². The predicted octanol–water partition coefficient (Wildman–Crippen LogP) is 1.29. The van der Waals surface area contributed by atoms with Crippen LogP contribution in [0.3, 0.4) is 0 Å². The van der Waals surface area contributed by atoms with Crippen LogP contribution in [-0.2, 0) is 9.53 Å². The number of phenolic OH excluding ortho intramolecular Hbond substituents is 1. The molecule has 1 aromatic carbocycles. The molecule has 0 saturated heterocycles. The molecule has 0 aliphatic heterocycles. The fourth-order valence-corrected chi connectivity index (χ4v) is 1.53. The summed E-state index contributed by atoms with van der Waals surface area (Å²) in [6.45, 7) is 0. The number of ether oxygens (including phenoxy) is 2. The number of aromatic hydroxyl groups is 1. The first kappa shape index (κ1) is 17.9. The third-order valence-corrected chi connectivity index (χ3v) is 2.53. The van der Waals surface area contributed by atoms with Crippen molar-refractivity contribution < 1.29 is 24.3 Å². The highest BCUT2D eigenvalue weighted by Crippen LogP contribution is 2.37. The second kappa shape index (κ2) is 7.51. The molecule has 112 valence electrons. The lowest BCUT2D eigenvalue weighted by Gasteiger charge is -2.14. The Morgan fingerprint density at radius 1 is 1.50 bits per heavy atom. The molecule has 1 atom stereocenters. The first-order chi connectivity index (χ1) is 8.90. The topological polar surface area (TPSA) is 125 Å². The van der Waals surface area contributed by atoms with E-state index in [0.29, 0.717) is 0 Å². The maximum atomic E-state index is 11.1. The Bertz CT molecular complexity index is 508. The molecule has 0 amide bonds. The summed E-state index contributed by atoms with van der Waals surface area (Å²) in [5.74, 6) is -0.994. The first-order valence-electron chi connectivity index (χ1n) is 5.28. The van der Waals surface area contributed by atoms with E-state index in [1.807, 2.05) is 0 Å². The summed E-state index contributed by atoms with van der Waals surface area (Å²) in [6.07, 6.45) is -0.214. The van der Waals surface area contributed by atoms with Crippen LogP contribution in [0.5, 0.6) is 11.5 Å². The molecule has 0 unspecified atom stereocenters. The summed E-state index contributed by atoms with van der Waals surface area (Å²) in [5.41, 5.74) is 5.49. The molecular formula is C11H15ClN2O6. The number of carbonyl (C=O) groups excluding carboxylic acids is 1. The Morgan fingerprint density at radius 3 is 2.55 bits per heavy atom. The molecule has 0 heterocycles. The second-order valence-corrected chi connectivity index (χ2v) is 3.73. The minimum atomic E-state index is -0.929. The van der Waals surface area contributed by atoms with Crippen molar-refractivity contribution >= 4 is 24.1 Å². The number of esters is 1. The molecule has 3 N–H and O–H groups in total. The molecule has 0 aromatic heterocycles. The number of nitrogens with zero attached hydrogens (tertiary/aromatic N) is 1. The van der Waals surface area contributed by atoms with Gasteiger partial charge in [-0.3, -0.25) is 14.9 Å². The lowest BCUT2D eigenvalue weighted by Crippen LogP contribution is -2.16. The number of halogens is 1. The van der Waals surface area contributed by atoms with Crippen LogP contribution in [-0.4, -0.2) is 30.2 Å². The number of hydrogen-bond acceptors (Lipinski definition) is 7. The summed E-state index contributed by atoms with van der Waals surface area (Å²) < 4.78 is 9.28. The number of carbonyl (C=O) groups is 1. The Balaban J connectivity index is 0.00000361. The van der Waals surface area contributed by atoms with Gasteiger partial charge in [0.25, 0.3) is 5.69 Å². The fraction of sp³-hybridized carbons (Fsp3) is 0.364. The number of phenols is 1. The van der Waals surface area contributed by atoms with Gasteiger partial charge in [0.1, 0.15) is 0 Å². The first-order valence-corrected chi connectivity index (χ1v) is 5.28. The maximum Gasteiger partial charge on any atom is 0.307 e. The van der Waals surface area contributed by atoms with E-state index in [9.17, 15) is 20.0 Å². The zero-order valence-corrected chi connectivity index (χ0v) is 11.7. The average molecular weight is 307 g/mol. The van der Waals surface area contributed by atoms with Crippen molar-refractivity contribution in [1.29, 1.82) is 0 Å². The van der Waals surface area contributed by atoms with Crippen LogP contribution >= 0.6 is 12.4 Å². The number of nitro benzene ring substituents is 1. The van der Waals surface area contributed by atoms with Crippen LogP contribution in [0, 0.1) is 10.1 Å². The molecule has 9 heteroatoms. The third-order valence-electron chi connectivity index (χ3n) is 2.53. The Morgan fingerprint density at radius 2 is 2.10 bits per heavy atom. The number of hydrogen-bond donors (Lipinski definition) is 2. The minimum absolute atomic E-state index is 0. The van der Waals surface area contributed by atoms with Crippen molar-refractivity contribution in [3.8, 4) is 11.5 Å². The van der Waals surface area contributed by atoms with Crippen molar-refractivity contribution in [2.75, 3.05) is 14.2 Å². The van der Waals surface area contributed by atoms with Crippen LogP contribution in [0.1, 0.15) is 18.0 Å². The van der Waals surface area contributed by atoms with E-state index >= 15 is 0 Å². The van der Waals surface area contributed by atoms with E-state index in [-0.39, 0.29) is 41.6 Å². The zero-order valence-electron chi connectivity index (χ0n) is 10.9. The van der Waals surface area contributed by atoms with Crippen molar-refractivity contribution in [1.82, 2.24) is 0 Å². The highest BCUT2D eigenvalue weighted by Gasteiger charge is 2.22. The lowest BCUT2D eigenvalue weighted by atomic mass is 10.0. The number of benzene rings is 1. The minimum Gasteiger partial charge on any atom is -0.504 e. The van der Waals surface area contributed by atoms with Gasteiger partial charge in [0.15, 0.2) is 11.5 Å². The van der Waals surface area contributed by atoms with Gasteiger partial charge in [0.05, 0.1) is 31.6 Å². The summed E-state index contributed by atoms with van der Waals surface area (Å²) in [5, 5.41) is 20.6. The molecule has 1 aromatic rings. The van der Waals surface area contributed by atoms with Gasteiger partial charge in [-0.15, -0.1) is 12.4 Å². The van der Waals surface area contributed by atoms with Gasteiger partial charge >= 0.3 is 5.97 Å². The van der Waals surface area contributed by atoms with Crippen molar-refractivity contribution in [3.63, 3.8) is 0 Å². The second-order valence-electron chi connectivity index (χ2n) is 3.73. The van der Waals surface area contributed by atoms with Gasteiger partial charge < -0.3 is 20.3 Å². The molecule has 0 spiro atoms. The van der Waals surface area contributed by atoms with Gasteiger partial charge in [0, 0.05) is 17.7 Å². The van der Waals surface area contributed by atoms with E-state index < -0.39 is 16.9 Å². The van der Waals surface area contributed by atoms with Crippen molar-refractivity contribution in [2.45, 2.75) is 12.5 Å². The quantitative estimate of drug-likeness (QED) is 0.477. The van der Waals surface area contributed by atoms with Gasteiger partial charge in [0.2, 0.25) is 0 Å². The molecule has 0 saturated carbocycles. The molecular weight excluding hydrogens is 292 g/mol. The number of nitrogens with two attached hydrogens (primary N) is 1. The van der Waals surface area contributed by atoms with Gasteiger partial charge in [-0.1, -0.05) is 0 Å². The molecule has 0 aliphatic rings. The predicted molar refractivity (Wildman–Crippen MR) is 72.1 cm³/mol. The van der Waals surface area contributed by atoms with E-state index in [4.69, 9.17) is 10.5 Å². The van der Waals surface area contributed by atoms with E-state index in [1.165, 1.54) is 14.2 Å². The molecule has 0 aliphatic carbocycles. The fourth-order valence-electron chi connectivity index (χ4n) is 1.53. The van der Waals surface area contributed by atoms with E-state index in [2.05, 4.69) is 4.74 Å². The number of rotatable bonds is 5. The van der Waals surface area contributed by atoms with Crippen molar-refractivity contribution in [2.24, 2.45) is 5.73 Å². The largest absolute Gasteiger partial charge is 0.504 e. The summed E-state index contributed by atoms with van der Waals surface area (Å²) in [7, 11) is 2.46. The highest BCUT2D eigenvalue weighted by atomic mass is 35.5. The van der Waals surface area contributed by atoms with Crippen LogP contribution in [0.15, 0.2) is 12.1 Å². The molecule has 0 radical (unpaired) electrons. The average Bonchev–Trinajstić information content (AvgIpc) is 2.38. The van der Waals surface area contributed by atoms with E-state index in [0.717, 1.165) is 12.1 Å². The molecule has 0 fully saturated rings. The zero-order chi connectivity index (χ0) is 14.6. The molecule has 20 heavy (non-hydrogen) atoms. The highest BCUT2D eigenvalue weighted by molar-refractivity contribution is 5.85. The Hall–Kier alpha value is -2.06. The number of nitro groups is 1. The monoisotopic (exact) mass is 306 g/mol. The number of methoxy groups -OCH3 is 2. The van der Waals surface area contributed by atoms with Crippen molar-refractivity contribution in [3.05, 3.63) is 27.8 Å². The molecule has 0 bridgehead atoms. The number of non-ortho nitro benzene ring substituents is 1. The summed E-state index contributed by atoms with van der Waals surface area (Å²) in [4.78, 5) is 21.3. The van der Waals surface area contributed by atoms with Crippen LogP contribution in [0.4, 0.5) is 5.69 Å². The summed E-state index contributed by atoms with van der Waals surface area (Å²) >= 11 is 0. The smallest absolute Gasteiger partial charge is 0.307 e.